The van der Waals surface area contributed by atoms with Crippen LogP contribution in [0.1, 0.15) is 5.69 Å². The number of para-hydroxylation sites is 1. The molecule has 0 saturated carbocycles. The van der Waals surface area contributed by atoms with E-state index in [0.717, 1.165) is 0 Å². The first kappa shape index (κ1) is 14.8. The number of benzene rings is 1. The highest BCUT2D eigenvalue weighted by Crippen LogP contribution is 2.32. The number of halogens is 4. The molecule has 2 rings (SSSR count). The van der Waals surface area contributed by atoms with Crippen molar-refractivity contribution in [2.24, 2.45) is 0 Å². The van der Waals surface area contributed by atoms with Gasteiger partial charge in [-0.15, -0.1) is 13.2 Å². The lowest BCUT2D eigenvalue weighted by atomic mass is 10.2. The lowest BCUT2D eigenvalue weighted by Gasteiger charge is -2.13. The van der Waals surface area contributed by atoms with Gasteiger partial charge in [0, 0.05) is 0 Å². The van der Waals surface area contributed by atoms with Crippen LogP contribution in [0.5, 0.6) is 5.75 Å². The quantitative estimate of drug-likeness (QED) is 0.791. The van der Waals surface area contributed by atoms with Crippen LogP contribution < -0.4 is 10.5 Å². The van der Waals surface area contributed by atoms with Gasteiger partial charge in [0.1, 0.15) is 11.6 Å². The highest BCUT2D eigenvalue weighted by molar-refractivity contribution is 14.1. The molecule has 1 aromatic heterocycles. The fourth-order valence-electron chi connectivity index (χ4n) is 1.57. The van der Waals surface area contributed by atoms with Crippen molar-refractivity contribution in [1.29, 1.82) is 0 Å². The van der Waals surface area contributed by atoms with Crippen LogP contribution in [0.25, 0.3) is 11.4 Å². The third kappa shape index (κ3) is 3.30. The number of nitrogens with zero attached hydrogens (tertiary/aromatic N) is 2. The van der Waals surface area contributed by atoms with E-state index in [1.54, 1.807) is 13.0 Å². The molecular weight excluding hydrogens is 386 g/mol. The van der Waals surface area contributed by atoms with Crippen LogP contribution in [0.4, 0.5) is 19.0 Å². The molecule has 20 heavy (non-hydrogen) atoms. The molecule has 0 bridgehead atoms. The van der Waals surface area contributed by atoms with Crippen molar-refractivity contribution in [1.82, 2.24) is 9.97 Å². The van der Waals surface area contributed by atoms with Gasteiger partial charge in [0.2, 0.25) is 0 Å². The Morgan fingerprint density at radius 3 is 2.45 bits per heavy atom. The van der Waals surface area contributed by atoms with Crippen molar-refractivity contribution in [2.45, 2.75) is 13.3 Å². The van der Waals surface area contributed by atoms with Gasteiger partial charge in [-0.25, -0.2) is 9.97 Å². The number of nitrogen functional groups attached to an aromatic ring is 1. The summed E-state index contributed by atoms with van der Waals surface area (Å²) in [5, 5.41) is 0. The van der Waals surface area contributed by atoms with Crippen LogP contribution in [0.15, 0.2) is 24.3 Å². The van der Waals surface area contributed by atoms with Crippen molar-refractivity contribution in [3.8, 4) is 17.1 Å². The molecule has 2 aromatic rings. The van der Waals surface area contributed by atoms with Crippen molar-refractivity contribution in [3.63, 3.8) is 0 Å². The predicted octanol–water partition coefficient (Wildman–Crippen LogP) is 3.54. The average Bonchev–Trinajstić information content (AvgIpc) is 2.34. The minimum atomic E-state index is -4.78. The van der Waals surface area contributed by atoms with E-state index in [9.17, 15) is 13.2 Å². The fourth-order valence-corrected chi connectivity index (χ4v) is 1.81. The second-order valence-corrected chi connectivity index (χ2v) is 4.95. The topological polar surface area (TPSA) is 61.0 Å². The molecule has 0 amide bonds. The molecule has 0 saturated heterocycles. The molecule has 1 heterocycles. The summed E-state index contributed by atoms with van der Waals surface area (Å²) in [6, 6.07) is 5.66. The van der Waals surface area contributed by atoms with Gasteiger partial charge >= 0.3 is 6.36 Å². The summed E-state index contributed by atoms with van der Waals surface area (Å²) >= 11 is 1.97. The van der Waals surface area contributed by atoms with Crippen LogP contribution in [-0.2, 0) is 0 Å². The molecule has 0 atom stereocenters. The molecular formula is C12H9F3IN3O. The molecule has 4 nitrogen and oxygen atoms in total. The molecule has 0 aliphatic heterocycles. The zero-order valence-electron chi connectivity index (χ0n) is 10.2. The van der Waals surface area contributed by atoms with Gasteiger partial charge in [0.05, 0.1) is 14.8 Å². The Balaban J connectivity index is 2.53. The summed E-state index contributed by atoms with van der Waals surface area (Å²) in [4.78, 5) is 8.15. The van der Waals surface area contributed by atoms with Crippen molar-refractivity contribution >= 4 is 28.4 Å². The van der Waals surface area contributed by atoms with E-state index < -0.39 is 6.36 Å². The Morgan fingerprint density at radius 2 is 1.85 bits per heavy atom. The van der Waals surface area contributed by atoms with Gasteiger partial charge in [0.25, 0.3) is 0 Å². The largest absolute Gasteiger partial charge is 0.573 e. The van der Waals surface area contributed by atoms with E-state index in [-0.39, 0.29) is 23.0 Å². The Morgan fingerprint density at radius 1 is 1.20 bits per heavy atom. The predicted molar refractivity (Wildman–Crippen MR) is 76.0 cm³/mol. The van der Waals surface area contributed by atoms with Crippen molar-refractivity contribution in [2.75, 3.05) is 5.73 Å². The highest BCUT2D eigenvalue weighted by Gasteiger charge is 2.32. The molecule has 0 spiro atoms. The van der Waals surface area contributed by atoms with Gasteiger partial charge in [-0.1, -0.05) is 12.1 Å². The van der Waals surface area contributed by atoms with Gasteiger partial charge in [-0.05, 0) is 41.6 Å². The smallest absolute Gasteiger partial charge is 0.405 e. The SMILES string of the molecule is Cc1nc(-c2ccccc2OC(F)(F)F)nc(N)c1I. The van der Waals surface area contributed by atoms with Crippen molar-refractivity contribution in [3.05, 3.63) is 33.5 Å². The maximum atomic E-state index is 12.4. The molecule has 0 aliphatic carbocycles. The van der Waals surface area contributed by atoms with E-state index >= 15 is 0 Å². The van der Waals surface area contributed by atoms with Crippen LogP contribution >= 0.6 is 22.6 Å². The van der Waals surface area contributed by atoms with Crippen LogP contribution in [0.2, 0.25) is 0 Å². The fraction of sp³-hybridized carbons (Fsp3) is 0.167. The van der Waals surface area contributed by atoms with E-state index in [1.807, 2.05) is 22.6 Å². The zero-order chi connectivity index (χ0) is 14.9. The molecule has 0 aliphatic rings. The maximum absolute atomic E-state index is 12.4. The van der Waals surface area contributed by atoms with Gasteiger partial charge < -0.3 is 10.5 Å². The summed E-state index contributed by atoms with van der Waals surface area (Å²) in [5.41, 5.74) is 6.44. The van der Waals surface area contributed by atoms with E-state index in [0.29, 0.717) is 9.26 Å². The van der Waals surface area contributed by atoms with E-state index in [2.05, 4.69) is 14.7 Å². The number of rotatable bonds is 2. The maximum Gasteiger partial charge on any atom is 0.573 e. The lowest BCUT2D eigenvalue weighted by Crippen LogP contribution is -2.17. The van der Waals surface area contributed by atoms with Crippen LogP contribution in [-0.4, -0.2) is 16.3 Å². The Labute approximate surface area is 126 Å². The summed E-state index contributed by atoms with van der Waals surface area (Å²) in [5.74, 6) is -0.0461. The van der Waals surface area contributed by atoms with Gasteiger partial charge in [-0.2, -0.15) is 0 Å². The molecule has 0 unspecified atom stereocenters. The molecule has 0 radical (unpaired) electrons. The standard InChI is InChI=1S/C12H9F3IN3O/c1-6-9(16)10(17)19-11(18-6)7-4-2-3-5-8(7)20-12(13,14)15/h2-5H,1H3,(H2,17,18,19). The monoisotopic (exact) mass is 395 g/mol. The van der Waals surface area contributed by atoms with E-state index in [4.69, 9.17) is 5.73 Å². The minimum absolute atomic E-state index is 0.0975. The summed E-state index contributed by atoms with van der Waals surface area (Å²) in [6.07, 6.45) is -4.78. The normalized spacial score (nSPS) is 11.4. The number of nitrogens with two attached hydrogens (primary N) is 1. The highest BCUT2D eigenvalue weighted by atomic mass is 127. The number of aromatic nitrogens is 2. The van der Waals surface area contributed by atoms with E-state index in [1.165, 1.54) is 18.2 Å². The average molecular weight is 395 g/mol. The number of alkyl halides is 3. The molecule has 1 aromatic carbocycles. The Bertz CT molecular complexity index is 623. The first-order valence-corrected chi connectivity index (χ1v) is 6.50. The molecule has 8 heteroatoms. The van der Waals surface area contributed by atoms with Gasteiger partial charge in [0.15, 0.2) is 5.82 Å². The number of ether oxygens (including phenoxy) is 1. The summed E-state index contributed by atoms with van der Waals surface area (Å²) in [7, 11) is 0. The third-order valence-corrected chi connectivity index (χ3v) is 3.73. The number of anilines is 1. The number of hydrogen-bond donors (Lipinski definition) is 1. The Hall–Kier alpha value is -1.58. The number of aryl methyl sites for hydroxylation is 1. The minimum Gasteiger partial charge on any atom is -0.405 e. The first-order chi connectivity index (χ1) is 9.28. The molecule has 2 N–H and O–H groups in total. The third-order valence-electron chi connectivity index (χ3n) is 2.40. The molecule has 106 valence electrons. The van der Waals surface area contributed by atoms with Crippen LogP contribution in [0, 0.1) is 10.5 Å². The number of hydrogen-bond acceptors (Lipinski definition) is 4. The van der Waals surface area contributed by atoms with Crippen LogP contribution in [0.3, 0.4) is 0 Å². The zero-order valence-corrected chi connectivity index (χ0v) is 12.4. The summed E-state index contributed by atoms with van der Waals surface area (Å²) in [6.45, 7) is 1.70. The first-order valence-electron chi connectivity index (χ1n) is 5.42. The lowest BCUT2D eigenvalue weighted by molar-refractivity contribution is -0.274. The second kappa shape index (κ2) is 5.43. The Kier molecular flexibility index (Phi) is 4.02. The molecule has 0 fully saturated rings. The van der Waals surface area contributed by atoms with Crippen molar-refractivity contribution < 1.29 is 17.9 Å². The summed E-state index contributed by atoms with van der Waals surface area (Å²) < 4.78 is 41.8. The second-order valence-electron chi connectivity index (χ2n) is 3.88. The van der Waals surface area contributed by atoms with Gasteiger partial charge in [-0.3, -0.25) is 0 Å².